The summed E-state index contributed by atoms with van der Waals surface area (Å²) in [6, 6.07) is 3.98. The highest BCUT2D eigenvalue weighted by Crippen LogP contribution is 2.33. The molecular formula is C15H20N2O3S. The summed E-state index contributed by atoms with van der Waals surface area (Å²) in [5.74, 6) is 2.25. The average molecular weight is 308 g/mol. The van der Waals surface area contributed by atoms with Crippen LogP contribution in [0.25, 0.3) is 0 Å². The third-order valence-electron chi connectivity index (χ3n) is 3.40. The first kappa shape index (κ1) is 15.7. The Morgan fingerprint density at radius 2 is 1.90 bits per heavy atom. The van der Waals surface area contributed by atoms with Gasteiger partial charge in [0.2, 0.25) is 0 Å². The molecule has 0 amide bonds. The van der Waals surface area contributed by atoms with Gasteiger partial charge in [0.05, 0.1) is 32.7 Å². The third kappa shape index (κ3) is 3.33. The van der Waals surface area contributed by atoms with Crippen molar-refractivity contribution in [3.8, 4) is 11.5 Å². The van der Waals surface area contributed by atoms with Gasteiger partial charge in [-0.05, 0) is 30.2 Å². The predicted octanol–water partition coefficient (Wildman–Crippen LogP) is 2.53. The molecule has 0 saturated heterocycles. The fourth-order valence-electron chi connectivity index (χ4n) is 2.03. The zero-order valence-electron chi connectivity index (χ0n) is 12.7. The van der Waals surface area contributed by atoms with E-state index in [1.165, 1.54) is 5.56 Å². The van der Waals surface area contributed by atoms with Crippen LogP contribution < -0.4 is 9.47 Å². The second-order valence-electron chi connectivity index (χ2n) is 4.67. The number of hydrogen-bond donors (Lipinski definition) is 1. The van der Waals surface area contributed by atoms with Crippen molar-refractivity contribution in [2.75, 3.05) is 14.2 Å². The number of thioether (sulfide) groups is 1. The number of methoxy groups -OCH3 is 2. The van der Waals surface area contributed by atoms with E-state index in [9.17, 15) is 5.11 Å². The lowest BCUT2D eigenvalue weighted by atomic mass is 10.1. The quantitative estimate of drug-likeness (QED) is 0.831. The van der Waals surface area contributed by atoms with Crippen LogP contribution in [0.1, 0.15) is 16.8 Å². The van der Waals surface area contributed by atoms with Crippen molar-refractivity contribution >= 4 is 11.8 Å². The minimum atomic E-state index is -0.000549. The summed E-state index contributed by atoms with van der Waals surface area (Å²) in [6.45, 7) is 2.05. The van der Waals surface area contributed by atoms with Gasteiger partial charge in [-0.25, -0.2) is 4.98 Å². The molecule has 0 spiro atoms. The molecule has 5 nitrogen and oxygen atoms in total. The highest BCUT2D eigenvalue weighted by molar-refractivity contribution is 7.98. The number of aliphatic hydroxyl groups excluding tert-OH is 1. The van der Waals surface area contributed by atoms with Gasteiger partial charge in [-0.3, -0.25) is 0 Å². The largest absolute Gasteiger partial charge is 0.493 e. The Morgan fingerprint density at radius 3 is 2.48 bits per heavy atom. The molecule has 1 heterocycles. The zero-order chi connectivity index (χ0) is 15.4. The van der Waals surface area contributed by atoms with Crippen LogP contribution in [0.15, 0.2) is 23.5 Å². The molecule has 0 radical (unpaired) electrons. The Morgan fingerprint density at radius 1 is 1.24 bits per heavy atom. The van der Waals surface area contributed by atoms with Crippen molar-refractivity contribution < 1.29 is 14.6 Å². The SMILES string of the molecule is COc1cc(C)c(CSc2ncc(CO)n2C)cc1OC. The van der Waals surface area contributed by atoms with Gasteiger partial charge in [0.15, 0.2) is 16.7 Å². The molecule has 114 valence electrons. The summed E-state index contributed by atoms with van der Waals surface area (Å²) in [4.78, 5) is 4.32. The smallest absolute Gasteiger partial charge is 0.168 e. The molecule has 0 aliphatic rings. The average Bonchev–Trinajstić information content (AvgIpc) is 2.85. The number of benzene rings is 1. The second kappa shape index (κ2) is 6.87. The Balaban J connectivity index is 2.17. The molecule has 1 aromatic heterocycles. The van der Waals surface area contributed by atoms with E-state index >= 15 is 0 Å². The maximum Gasteiger partial charge on any atom is 0.168 e. The Kier molecular flexibility index (Phi) is 5.14. The van der Waals surface area contributed by atoms with Gasteiger partial charge in [0.1, 0.15) is 0 Å². The lowest BCUT2D eigenvalue weighted by Crippen LogP contribution is -1.98. The molecule has 2 aromatic rings. The van der Waals surface area contributed by atoms with Crippen LogP contribution in [0.2, 0.25) is 0 Å². The van der Waals surface area contributed by atoms with Crippen LogP contribution in [0.3, 0.4) is 0 Å². The molecule has 0 bridgehead atoms. The second-order valence-corrected chi connectivity index (χ2v) is 5.61. The van der Waals surface area contributed by atoms with Crippen LogP contribution in [0, 0.1) is 6.92 Å². The maximum absolute atomic E-state index is 9.19. The summed E-state index contributed by atoms with van der Waals surface area (Å²) < 4.78 is 12.5. The number of hydrogen-bond acceptors (Lipinski definition) is 5. The highest BCUT2D eigenvalue weighted by Gasteiger charge is 2.11. The minimum absolute atomic E-state index is 0.000549. The molecule has 0 fully saturated rings. The van der Waals surface area contributed by atoms with Crippen molar-refractivity contribution in [1.29, 1.82) is 0 Å². The van der Waals surface area contributed by atoms with Gasteiger partial charge in [-0.2, -0.15) is 0 Å². The fourth-order valence-corrected chi connectivity index (χ4v) is 3.06. The van der Waals surface area contributed by atoms with Crippen LogP contribution in [0.4, 0.5) is 0 Å². The van der Waals surface area contributed by atoms with E-state index in [4.69, 9.17) is 9.47 Å². The predicted molar refractivity (Wildman–Crippen MR) is 83.0 cm³/mol. The molecule has 1 N–H and O–H groups in total. The first-order valence-electron chi connectivity index (χ1n) is 6.56. The molecule has 6 heteroatoms. The first-order chi connectivity index (χ1) is 10.1. The Labute approximate surface area is 128 Å². The van der Waals surface area contributed by atoms with Crippen molar-refractivity contribution in [2.24, 2.45) is 7.05 Å². The number of aryl methyl sites for hydroxylation is 1. The molecule has 0 aliphatic heterocycles. The standard InChI is InChI=1S/C15H20N2O3S/c1-10-5-13(19-3)14(20-4)6-11(10)9-21-15-16-7-12(8-18)17(15)2/h5-7,18H,8-9H2,1-4H3. The van der Waals surface area contributed by atoms with Gasteiger partial charge in [-0.15, -0.1) is 0 Å². The van der Waals surface area contributed by atoms with Crippen LogP contribution in [-0.4, -0.2) is 28.9 Å². The molecule has 2 rings (SSSR count). The van der Waals surface area contributed by atoms with E-state index in [0.29, 0.717) is 0 Å². The minimum Gasteiger partial charge on any atom is -0.493 e. The van der Waals surface area contributed by atoms with Crippen molar-refractivity contribution in [3.63, 3.8) is 0 Å². The number of ether oxygens (including phenoxy) is 2. The summed E-state index contributed by atoms with van der Waals surface area (Å²) >= 11 is 1.63. The summed E-state index contributed by atoms with van der Waals surface area (Å²) in [6.07, 6.45) is 1.70. The van der Waals surface area contributed by atoms with Crippen molar-refractivity contribution in [2.45, 2.75) is 24.4 Å². The number of aromatic nitrogens is 2. The van der Waals surface area contributed by atoms with E-state index in [0.717, 1.165) is 33.7 Å². The van der Waals surface area contributed by atoms with E-state index in [-0.39, 0.29) is 6.61 Å². The number of nitrogens with zero attached hydrogens (tertiary/aromatic N) is 2. The van der Waals surface area contributed by atoms with Gasteiger partial charge in [0.25, 0.3) is 0 Å². The molecule has 0 unspecified atom stereocenters. The van der Waals surface area contributed by atoms with E-state index in [2.05, 4.69) is 11.9 Å². The molecule has 0 saturated carbocycles. The normalized spacial score (nSPS) is 10.7. The van der Waals surface area contributed by atoms with Crippen molar-refractivity contribution in [3.05, 3.63) is 35.2 Å². The fraction of sp³-hybridized carbons (Fsp3) is 0.400. The first-order valence-corrected chi connectivity index (χ1v) is 7.55. The van der Waals surface area contributed by atoms with Gasteiger partial charge in [-0.1, -0.05) is 11.8 Å². The van der Waals surface area contributed by atoms with Crippen LogP contribution in [-0.2, 0) is 19.4 Å². The zero-order valence-corrected chi connectivity index (χ0v) is 13.5. The van der Waals surface area contributed by atoms with Crippen LogP contribution in [0.5, 0.6) is 11.5 Å². The van der Waals surface area contributed by atoms with E-state index < -0.39 is 0 Å². The molecular weight excluding hydrogens is 288 g/mol. The Hall–Kier alpha value is -1.66. The van der Waals surface area contributed by atoms with Crippen molar-refractivity contribution in [1.82, 2.24) is 9.55 Å². The van der Waals surface area contributed by atoms with Crippen LogP contribution >= 0.6 is 11.8 Å². The third-order valence-corrected chi connectivity index (χ3v) is 4.50. The lowest BCUT2D eigenvalue weighted by Gasteiger charge is -2.12. The molecule has 0 aliphatic carbocycles. The maximum atomic E-state index is 9.19. The van der Waals surface area contributed by atoms with E-state index in [1.54, 1.807) is 32.2 Å². The summed E-state index contributed by atoms with van der Waals surface area (Å²) in [7, 11) is 5.18. The van der Waals surface area contributed by atoms with Gasteiger partial charge >= 0.3 is 0 Å². The van der Waals surface area contributed by atoms with Gasteiger partial charge in [0, 0.05) is 12.8 Å². The lowest BCUT2D eigenvalue weighted by molar-refractivity contribution is 0.271. The summed E-state index contributed by atoms with van der Waals surface area (Å²) in [5, 5.41) is 10.1. The molecule has 1 aromatic carbocycles. The number of imidazole rings is 1. The highest BCUT2D eigenvalue weighted by atomic mass is 32.2. The van der Waals surface area contributed by atoms with Gasteiger partial charge < -0.3 is 19.1 Å². The monoisotopic (exact) mass is 308 g/mol. The molecule has 21 heavy (non-hydrogen) atoms. The number of aliphatic hydroxyl groups is 1. The Bertz CT molecular complexity index is 626. The number of rotatable bonds is 6. The summed E-state index contributed by atoms with van der Waals surface area (Å²) in [5.41, 5.74) is 3.13. The topological polar surface area (TPSA) is 56.5 Å². The molecule has 0 atom stereocenters. The van der Waals surface area contributed by atoms with E-state index in [1.807, 2.05) is 23.7 Å².